The topological polar surface area (TPSA) is 66.8 Å². The first-order chi connectivity index (χ1) is 12.8. The number of carboxylic acids is 1. The number of likely N-dealkylation sites (N-methyl/N-ethyl adjacent to an activating group) is 1. The summed E-state index contributed by atoms with van der Waals surface area (Å²) in [5, 5.41) is 19.1. The number of benzene rings is 2. The summed E-state index contributed by atoms with van der Waals surface area (Å²) in [7, 11) is 1.69. The lowest BCUT2D eigenvalue weighted by Crippen LogP contribution is -2.42. The molecule has 1 unspecified atom stereocenters. The minimum absolute atomic E-state index is 0.211. The number of nitrogens with zero attached hydrogens (tertiary/aromatic N) is 1. The largest absolute Gasteiger partial charge is 0.483 e. The molecule has 0 radical (unpaired) electrons. The van der Waals surface area contributed by atoms with Gasteiger partial charge in [-0.3, -0.25) is 4.79 Å². The summed E-state index contributed by atoms with van der Waals surface area (Å²) >= 11 is 0. The second-order valence-corrected chi connectivity index (χ2v) is 6.61. The summed E-state index contributed by atoms with van der Waals surface area (Å²) < 4.78 is 19.8. The molecule has 0 aliphatic carbocycles. The average Bonchev–Trinajstić information content (AvgIpc) is 2.61. The molecule has 6 heteroatoms. The number of hydrogen-bond acceptors (Lipinski definition) is 3. The van der Waals surface area contributed by atoms with Gasteiger partial charge in [0.15, 0.2) is 12.3 Å². The van der Waals surface area contributed by atoms with Crippen molar-refractivity contribution in [3.8, 4) is 16.9 Å². The summed E-state index contributed by atoms with van der Waals surface area (Å²) in [4.78, 5) is 10.7. The third-order valence-corrected chi connectivity index (χ3v) is 4.45. The van der Waals surface area contributed by atoms with E-state index in [9.17, 15) is 14.4 Å². The standard InChI is InChI=1S/C21H20FNO4/c1-23(26)11-3-2-4-17(23)14-27-18-8-6-16(7-9-18)19-10-5-15(12-20(19)22)13-21(24)25/h2-10,12,26H,11,13-14H2,1H3/p+1. The number of aliphatic carboxylic acids is 1. The normalized spacial score (nSPS) is 18.9. The van der Waals surface area contributed by atoms with Gasteiger partial charge in [-0.2, -0.15) is 4.65 Å². The minimum atomic E-state index is -0.996. The van der Waals surface area contributed by atoms with Gasteiger partial charge in [0.1, 0.15) is 25.2 Å². The fraction of sp³-hybridized carbons (Fsp3) is 0.190. The van der Waals surface area contributed by atoms with Crippen LogP contribution in [0.25, 0.3) is 11.1 Å². The Morgan fingerprint density at radius 2 is 1.96 bits per heavy atom. The monoisotopic (exact) mass is 370 g/mol. The van der Waals surface area contributed by atoms with Gasteiger partial charge in [-0.15, -0.1) is 0 Å². The van der Waals surface area contributed by atoms with E-state index in [-0.39, 0.29) is 17.7 Å². The summed E-state index contributed by atoms with van der Waals surface area (Å²) in [5.41, 5.74) is 2.23. The van der Waals surface area contributed by atoms with Crippen LogP contribution < -0.4 is 4.74 Å². The van der Waals surface area contributed by atoms with E-state index < -0.39 is 11.8 Å². The second-order valence-electron chi connectivity index (χ2n) is 6.61. The fourth-order valence-electron chi connectivity index (χ4n) is 2.88. The van der Waals surface area contributed by atoms with Crippen molar-refractivity contribution in [3.63, 3.8) is 0 Å². The zero-order valence-corrected chi connectivity index (χ0v) is 14.9. The van der Waals surface area contributed by atoms with Gasteiger partial charge in [0.05, 0.1) is 6.42 Å². The lowest BCUT2D eigenvalue weighted by atomic mass is 10.0. The van der Waals surface area contributed by atoms with Crippen LogP contribution in [0.3, 0.4) is 0 Å². The Kier molecular flexibility index (Phi) is 5.39. The lowest BCUT2D eigenvalue weighted by Gasteiger charge is -2.27. The van der Waals surface area contributed by atoms with E-state index in [0.717, 1.165) is 5.70 Å². The Bertz CT molecular complexity index is 901. The molecule has 1 atom stereocenters. The highest BCUT2D eigenvalue weighted by Gasteiger charge is 2.26. The maximum atomic E-state index is 14.3. The molecule has 2 aromatic rings. The summed E-state index contributed by atoms with van der Waals surface area (Å²) in [6, 6.07) is 11.4. The predicted octanol–water partition coefficient (Wildman–Crippen LogP) is 3.79. The molecule has 0 saturated carbocycles. The van der Waals surface area contributed by atoms with Crippen LogP contribution in [0.5, 0.6) is 5.75 Å². The zero-order valence-electron chi connectivity index (χ0n) is 14.9. The Morgan fingerprint density at radius 3 is 2.59 bits per heavy atom. The van der Waals surface area contributed by atoms with Gasteiger partial charge in [-0.05, 0) is 35.4 Å². The first kappa shape index (κ1) is 18.8. The van der Waals surface area contributed by atoms with Gasteiger partial charge in [0, 0.05) is 11.6 Å². The minimum Gasteiger partial charge on any atom is -0.483 e. The third-order valence-electron chi connectivity index (χ3n) is 4.45. The van der Waals surface area contributed by atoms with E-state index in [1.54, 1.807) is 43.4 Å². The van der Waals surface area contributed by atoms with E-state index in [0.29, 0.717) is 29.0 Å². The number of hydrogen-bond donors (Lipinski definition) is 2. The van der Waals surface area contributed by atoms with Gasteiger partial charge in [-0.1, -0.05) is 30.3 Å². The summed E-state index contributed by atoms with van der Waals surface area (Å²) in [6.07, 6.45) is 5.38. The molecule has 0 bridgehead atoms. The van der Waals surface area contributed by atoms with Crippen molar-refractivity contribution in [1.29, 1.82) is 0 Å². The van der Waals surface area contributed by atoms with E-state index in [1.165, 1.54) is 6.07 Å². The number of ether oxygens (including phenoxy) is 1. The van der Waals surface area contributed by atoms with E-state index in [1.807, 2.05) is 18.2 Å². The first-order valence-electron chi connectivity index (χ1n) is 8.53. The highest BCUT2D eigenvalue weighted by atomic mass is 19.1. The number of carboxylic acid groups (broad SMARTS) is 1. The van der Waals surface area contributed by atoms with Crippen LogP contribution in [0.4, 0.5) is 4.39 Å². The maximum absolute atomic E-state index is 14.3. The molecule has 0 saturated heterocycles. The van der Waals surface area contributed by atoms with Crippen molar-refractivity contribution >= 4 is 5.97 Å². The highest BCUT2D eigenvalue weighted by molar-refractivity contribution is 5.71. The maximum Gasteiger partial charge on any atom is 0.307 e. The molecule has 0 spiro atoms. The van der Waals surface area contributed by atoms with E-state index in [4.69, 9.17) is 9.84 Å². The number of rotatable bonds is 6. The summed E-state index contributed by atoms with van der Waals surface area (Å²) in [5.74, 6) is -0.850. The van der Waals surface area contributed by atoms with Gasteiger partial charge in [-0.25, -0.2) is 9.60 Å². The number of quaternary nitrogens is 1. The quantitative estimate of drug-likeness (QED) is 0.760. The molecule has 1 aliphatic rings. The van der Waals surface area contributed by atoms with Crippen molar-refractivity contribution in [2.24, 2.45) is 0 Å². The predicted molar refractivity (Wildman–Crippen MR) is 98.7 cm³/mol. The van der Waals surface area contributed by atoms with Gasteiger partial charge < -0.3 is 9.84 Å². The van der Waals surface area contributed by atoms with Gasteiger partial charge in [0.2, 0.25) is 0 Å². The molecule has 0 fully saturated rings. The average molecular weight is 370 g/mol. The van der Waals surface area contributed by atoms with E-state index >= 15 is 0 Å². The Balaban J connectivity index is 1.69. The number of allylic oxidation sites excluding steroid dienone is 2. The van der Waals surface area contributed by atoms with E-state index in [2.05, 4.69) is 0 Å². The van der Waals surface area contributed by atoms with Gasteiger partial charge >= 0.3 is 5.97 Å². The second kappa shape index (κ2) is 7.73. The van der Waals surface area contributed by atoms with Crippen LogP contribution in [-0.4, -0.2) is 41.1 Å². The smallest absolute Gasteiger partial charge is 0.307 e. The summed E-state index contributed by atoms with van der Waals surface area (Å²) in [6.45, 7) is 0.736. The molecule has 3 rings (SSSR count). The molecule has 5 nitrogen and oxygen atoms in total. The van der Waals surface area contributed by atoms with Crippen molar-refractivity contribution in [1.82, 2.24) is 0 Å². The molecule has 2 aromatic carbocycles. The Hall–Kier alpha value is -2.96. The number of hydroxylamine groups is 3. The molecule has 27 heavy (non-hydrogen) atoms. The molecular formula is C21H21FNO4+. The fourth-order valence-corrected chi connectivity index (χ4v) is 2.88. The van der Waals surface area contributed by atoms with Crippen LogP contribution >= 0.6 is 0 Å². The molecule has 1 heterocycles. The number of carbonyl (C=O) groups is 1. The molecule has 2 N–H and O–H groups in total. The Morgan fingerprint density at radius 1 is 1.22 bits per heavy atom. The number of halogens is 1. The third kappa shape index (κ3) is 4.61. The van der Waals surface area contributed by atoms with Crippen LogP contribution in [0.2, 0.25) is 0 Å². The van der Waals surface area contributed by atoms with Crippen LogP contribution in [-0.2, 0) is 11.2 Å². The molecule has 0 amide bonds. The first-order valence-corrected chi connectivity index (χ1v) is 8.53. The van der Waals surface area contributed by atoms with Crippen molar-refractivity contribution in [2.75, 3.05) is 20.2 Å². The van der Waals surface area contributed by atoms with Crippen LogP contribution in [0, 0.1) is 5.82 Å². The lowest BCUT2D eigenvalue weighted by molar-refractivity contribution is -1.05. The van der Waals surface area contributed by atoms with Gasteiger partial charge in [0.25, 0.3) is 0 Å². The SMILES string of the molecule is C[N+]1(O)CC=CC=C1COc1ccc(-c2ccc(CC(=O)O)cc2F)cc1. The van der Waals surface area contributed by atoms with Crippen molar-refractivity contribution in [2.45, 2.75) is 6.42 Å². The van der Waals surface area contributed by atoms with Crippen LogP contribution in [0.15, 0.2) is 66.4 Å². The molecule has 1 aliphatic heterocycles. The molecule has 0 aromatic heterocycles. The van der Waals surface area contributed by atoms with Crippen molar-refractivity contribution < 1.29 is 28.9 Å². The zero-order chi connectivity index (χ0) is 19.4. The highest BCUT2D eigenvalue weighted by Crippen LogP contribution is 2.26. The van der Waals surface area contributed by atoms with Crippen LogP contribution in [0.1, 0.15) is 5.56 Å². The van der Waals surface area contributed by atoms with Crippen molar-refractivity contribution in [3.05, 3.63) is 77.8 Å². The molecular weight excluding hydrogens is 349 g/mol. The molecule has 140 valence electrons. The Labute approximate surface area is 156 Å².